The van der Waals surface area contributed by atoms with E-state index in [0.29, 0.717) is 16.2 Å². The van der Waals surface area contributed by atoms with Crippen molar-refractivity contribution in [3.8, 4) is 0 Å². The fourth-order valence-electron chi connectivity index (χ4n) is 1.93. The molecule has 5 heteroatoms. The lowest BCUT2D eigenvalue weighted by Crippen LogP contribution is -2.28. The second kappa shape index (κ2) is 5.10. The van der Waals surface area contributed by atoms with Gasteiger partial charge in [-0.15, -0.1) is 10.2 Å². The van der Waals surface area contributed by atoms with Crippen LogP contribution < -0.4 is 5.32 Å². The van der Waals surface area contributed by atoms with Crippen molar-refractivity contribution >= 4 is 23.2 Å². The second-order valence-electron chi connectivity index (χ2n) is 3.88. The quantitative estimate of drug-likeness (QED) is 0.870. The number of piperidine rings is 1. The molecule has 1 N–H and O–H groups in total. The molecule has 1 aliphatic heterocycles. The van der Waals surface area contributed by atoms with Crippen molar-refractivity contribution in [3.63, 3.8) is 0 Å². The average Bonchev–Trinajstić information content (AvgIpc) is 2.25. The average molecular weight is 246 g/mol. The summed E-state index contributed by atoms with van der Waals surface area (Å²) in [5, 5.41) is 11.8. The standard InChI is InChI=1S/C10H13Cl2N3/c11-9-6-8(10(12)15-14-9)5-7-1-3-13-4-2-7/h6-7,13H,1-5H2. The summed E-state index contributed by atoms with van der Waals surface area (Å²) in [6.45, 7) is 2.18. The van der Waals surface area contributed by atoms with Crippen LogP contribution in [-0.4, -0.2) is 23.3 Å². The van der Waals surface area contributed by atoms with Crippen LogP contribution in [0.25, 0.3) is 0 Å². The SMILES string of the molecule is Clc1cc(CC2CCNCC2)c(Cl)nn1. The summed E-state index contributed by atoms with van der Waals surface area (Å²) in [7, 11) is 0. The van der Waals surface area contributed by atoms with Crippen molar-refractivity contribution in [2.75, 3.05) is 13.1 Å². The van der Waals surface area contributed by atoms with Crippen LogP contribution in [-0.2, 0) is 6.42 Å². The first-order valence-electron chi connectivity index (χ1n) is 5.14. The van der Waals surface area contributed by atoms with Crippen molar-refractivity contribution in [2.24, 2.45) is 5.92 Å². The Morgan fingerprint density at radius 3 is 2.73 bits per heavy atom. The summed E-state index contributed by atoms with van der Waals surface area (Å²) >= 11 is 11.8. The van der Waals surface area contributed by atoms with Gasteiger partial charge in [0.2, 0.25) is 0 Å². The maximum absolute atomic E-state index is 5.97. The Bertz CT molecular complexity index is 337. The molecule has 0 spiro atoms. The van der Waals surface area contributed by atoms with Gasteiger partial charge >= 0.3 is 0 Å². The molecule has 0 unspecified atom stereocenters. The molecule has 3 nitrogen and oxygen atoms in total. The van der Waals surface area contributed by atoms with E-state index in [9.17, 15) is 0 Å². The Morgan fingerprint density at radius 1 is 1.27 bits per heavy atom. The summed E-state index contributed by atoms with van der Waals surface area (Å²) < 4.78 is 0. The Hall–Kier alpha value is -0.380. The highest BCUT2D eigenvalue weighted by molar-refractivity contribution is 6.31. The summed E-state index contributed by atoms with van der Waals surface area (Å²) in [5.74, 6) is 0.684. The van der Waals surface area contributed by atoms with Gasteiger partial charge in [0.05, 0.1) is 0 Å². The monoisotopic (exact) mass is 245 g/mol. The molecule has 2 rings (SSSR count). The highest BCUT2D eigenvalue weighted by Gasteiger charge is 2.15. The van der Waals surface area contributed by atoms with Crippen LogP contribution in [0.1, 0.15) is 18.4 Å². The van der Waals surface area contributed by atoms with Gasteiger partial charge in [-0.1, -0.05) is 23.2 Å². The maximum atomic E-state index is 5.97. The van der Waals surface area contributed by atoms with Crippen molar-refractivity contribution in [1.29, 1.82) is 0 Å². The fourth-order valence-corrected chi connectivity index (χ4v) is 2.27. The van der Waals surface area contributed by atoms with Gasteiger partial charge < -0.3 is 5.32 Å². The Labute approximate surface area is 99.2 Å². The third-order valence-electron chi connectivity index (χ3n) is 2.76. The molecule has 0 atom stereocenters. The third kappa shape index (κ3) is 3.03. The summed E-state index contributed by atoms with van der Waals surface area (Å²) in [5.41, 5.74) is 1.02. The van der Waals surface area contributed by atoms with Gasteiger partial charge in [-0.2, -0.15) is 0 Å². The highest BCUT2D eigenvalue weighted by Crippen LogP contribution is 2.23. The van der Waals surface area contributed by atoms with Crippen LogP contribution >= 0.6 is 23.2 Å². The Morgan fingerprint density at radius 2 is 2.00 bits per heavy atom. The molecule has 1 fully saturated rings. The van der Waals surface area contributed by atoms with E-state index in [1.807, 2.05) is 6.07 Å². The molecule has 1 saturated heterocycles. The fraction of sp³-hybridized carbons (Fsp3) is 0.600. The number of rotatable bonds is 2. The summed E-state index contributed by atoms with van der Waals surface area (Å²) in [4.78, 5) is 0. The van der Waals surface area contributed by atoms with Gasteiger partial charge in [0.1, 0.15) is 0 Å². The zero-order valence-electron chi connectivity index (χ0n) is 8.34. The van der Waals surface area contributed by atoms with E-state index in [1.165, 1.54) is 12.8 Å². The van der Waals surface area contributed by atoms with E-state index < -0.39 is 0 Å². The molecule has 0 radical (unpaired) electrons. The summed E-state index contributed by atoms with van der Waals surface area (Å²) in [6.07, 6.45) is 3.34. The topological polar surface area (TPSA) is 37.8 Å². The highest BCUT2D eigenvalue weighted by atomic mass is 35.5. The molecule has 0 bridgehead atoms. The van der Waals surface area contributed by atoms with Crippen LogP contribution in [0.3, 0.4) is 0 Å². The molecule has 2 heterocycles. The second-order valence-corrected chi connectivity index (χ2v) is 4.63. The van der Waals surface area contributed by atoms with E-state index >= 15 is 0 Å². The largest absolute Gasteiger partial charge is 0.317 e. The van der Waals surface area contributed by atoms with Gasteiger partial charge in [-0.3, -0.25) is 0 Å². The van der Waals surface area contributed by atoms with Crippen LogP contribution in [0.2, 0.25) is 10.3 Å². The van der Waals surface area contributed by atoms with Crippen molar-refractivity contribution in [2.45, 2.75) is 19.3 Å². The zero-order chi connectivity index (χ0) is 10.7. The van der Waals surface area contributed by atoms with Gasteiger partial charge in [0.15, 0.2) is 10.3 Å². The Balaban J connectivity index is 2.05. The van der Waals surface area contributed by atoms with Crippen molar-refractivity contribution in [1.82, 2.24) is 15.5 Å². The Kier molecular flexibility index (Phi) is 3.78. The first-order chi connectivity index (χ1) is 7.25. The molecule has 0 amide bonds. The minimum absolute atomic E-state index is 0.420. The van der Waals surface area contributed by atoms with Crippen molar-refractivity contribution < 1.29 is 0 Å². The van der Waals surface area contributed by atoms with Gasteiger partial charge in [-0.05, 0) is 49.9 Å². The molecule has 15 heavy (non-hydrogen) atoms. The minimum Gasteiger partial charge on any atom is -0.317 e. The smallest absolute Gasteiger partial charge is 0.155 e. The van der Waals surface area contributed by atoms with E-state index in [4.69, 9.17) is 23.2 Å². The normalized spacial score (nSPS) is 18.0. The number of nitrogens with zero attached hydrogens (tertiary/aromatic N) is 2. The third-order valence-corrected chi connectivity index (χ3v) is 3.26. The maximum Gasteiger partial charge on any atom is 0.155 e. The van der Waals surface area contributed by atoms with E-state index in [-0.39, 0.29) is 0 Å². The number of hydrogen-bond acceptors (Lipinski definition) is 3. The molecule has 0 saturated carbocycles. The van der Waals surface area contributed by atoms with Gasteiger partial charge in [0.25, 0.3) is 0 Å². The zero-order valence-corrected chi connectivity index (χ0v) is 9.85. The lowest BCUT2D eigenvalue weighted by molar-refractivity contribution is 0.372. The van der Waals surface area contributed by atoms with Crippen LogP contribution in [0.15, 0.2) is 6.07 Å². The number of halogens is 2. The molecule has 1 aromatic heterocycles. The molecule has 1 aliphatic rings. The predicted octanol–water partition coefficient (Wildman–Crippen LogP) is 2.33. The van der Waals surface area contributed by atoms with Gasteiger partial charge in [0, 0.05) is 0 Å². The summed E-state index contributed by atoms with van der Waals surface area (Å²) in [6, 6.07) is 1.82. The van der Waals surface area contributed by atoms with Crippen LogP contribution in [0, 0.1) is 5.92 Å². The first-order valence-corrected chi connectivity index (χ1v) is 5.89. The molecular weight excluding hydrogens is 233 g/mol. The van der Waals surface area contributed by atoms with E-state index in [1.54, 1.807) is 0 Å². The molecule has 82 valence electrons. The van der Waals surface area contributed by atoms with Crippen LogP contribution in [0.4, 0.5) is 0 Å². The lowest BCUT2D eigenvalue weighted by Gasteiger charge is -2.22. The predicted molar refractivity (Wildman–Crippen MR) is 61.3 cm³/mol. The molecule has 1 aromatic rings. The van der Waals surface area contributed by atoms with E-state index in [2.05, 4.69) is 15.5 Å². The lowest BCUT2D eigenvalue weighted by atomic mass is 9.92. The minimum atomic E-state index is 0.420. The van der Waals surface area contributed by atoms with Crippen molar-refractivity contribution in [3.05, 3.63) is 21.9 Å². The molecule has 0 aliphatic carbocycles. The van der Waals surface area contributed by atoms with E-state index in [0.717, 1.165) is 25.1 Å². The molecule has 0 aromatic carbocycles. The molecular formula is C10H13Cl2N3. The number of aromatic nitrogens is 2. The van der Waals surface area contributed by atoms with Gasteiger partial charge in [-0.25, -0.2) is 0 Å². The first kappa shape index (κ1) is 11.1. The number of hydrogen-bond donors (Lipinski definition) is 1. The number of nitrogens with one attached hydrogen (secondary N) is 1. The van der Waals surface area contributed by atoms with Crippen LogP contribution in [0.5, 0.6) is 0 Å².